The van der Waals surface area contributed by atoms with Gasteiger partial charge in [-0.1, -0.05) is 222 Å². The van der Waals surface area contributed by atoms with E-state index in [1.807, 2.05) is 6.08 Å². The van der Waals surface area contributed by atoms with Crippen LogP contribution in [0.5, 0.6) is 0 Å². The van der Waals surface area contributed by atoms with Crippen molar-refractivity contribution < 1.29 is 89.4 Å². The molecule has 3 aliphatic rings. The first-order chi connectivity index (χ1) is 41.8. The predicted molar refractivity (Wildman–Crippen MR) is 332 cm³/mol. The summed E-state index contributed by atoms with van der Waals surface area (Å²) >= 11 is 0. The SMILES string of the molecule is CC/C=C\C/C=C\C/C=C\C/C=C\CCCCCCCCCCCCCCCCCCCCCCC(=O)NC(COC1OC(CO)C(OC2OC(CO)C(OC3OC(CO)C(O)C(O)C3O)C(O)C2O)C(O)C1O)C(O)/C=C/CCCCCCCC. The van der Waals surface area contributed by atoms with Gasteiger partial charge in [0, 0.05) is 6.42 Å². The molecule has 86 heavy (non-hydrogen) atoms. The van der Waals surface area contributed by atoms with Crippen LogP contribution in [0.4, 0.5) is 0 Å². The molecule has 3 heterocycles. The molecule has 17 atom stereocenters. The van der Waals surface area contributed by atoms with Gasteiger partial charge >= 0.3 is 0 Å². The van der Waals surface area contributed by atoms with Crippen molar-refractivity contribution in [3.8, 4) is 0 Å². The first-order valence-electron chi connectivity index (χ1n) is 33.5. The molecule has 1 amide bonds. The van der Waals surface area contributed by atoms with Gasteiger partial charge in [-0.3, -0.25) is 4.79 Å². The van der Waals surface area contributed by atoms with Crippen LogP contribution in [0, 0.1) is 0 Å². The van der Waals surface area contributed by atoms with Crippen molar-refractivity contribution in [1.29, 1.82) is 0 Å². The number of unbranched alkanes of at least 4 members (excludes halogenated alkanes) is 26. The Labute approximate surface area is 515 Å². The number of nitrogens with one attached hydrogen (secondary N) is 1. The van der Waals surface area contributed by atoms with Gasteiger partial charge in [0.05, 0.1) is 38.6 Å². The predicted octanol–water partition coefficient (Wildman–Crippen LogP) is 7.99. The van der Waals surface area contributed by atoms with E-state index in [1.165, 1.54) is 122 Å². The second-order valence-corrected chi connectivity index (χ2v) is 23.9. The highest BCUT2D eigenvalue weighted by Crippen LogP contribution is 2.33. The molecular formula is C67H119NO18. The minimum Gasteiger partial charge on any atom is -0.394 e. The van der Waals surface area contributed by atoms with E-state index in [2.05, 4.69) is 67.8 Å². The number of allylic oxidation sites excluding steroid dienone is 9. The maximum atomic E-state index is 13.3. The molecule has 19 nitrogen and oxygen atoms in total. The molecule has 0 aromatic carbocycles. The minimum absolute atomic E-state index is 0.243. The zero-order valence-electron chi connectivity index (χ0n) is 52.5. The molecule has 0 bridgehead atoms. The summed E-state index contributed by atoms with van der Waals surface area (Å²) in [4.78, 5) is 13.3. The van der Waals surface area contributed by atoms with Crippen molar-refractivity contribution in [2.24, 2.45) is 0 Å². The Morgan fingerprint density at radius 1 is 0.430 bits per heavy atom. The van der Waals surface area contributed by atoms with Gasteiger partial charge in [0.1, 0.15) is 73.2 Å². The van der Waals surface area contributed by atoms with Crippen LogP contribution in [0.2, 0.25) is 0 Å². The summed E-state index contributed by atoms with van der Waals surface area (Å²) in [5.74, 6) is -0.278. The van der Waals surface area contributed by atoms with Gasteiger partial charge < -0.3 is 89.9 Å². The number of ether oxygens (including phenoxy) is 6. The van der Waals surface area contributed by atoms with Gasteiger partial charge in [0.15, 0.2) is 18.9 Å². The third-order valence-corrected chi connectivity index (χ3v) is 16.6. The third-order valence-electron chi connectivity index (χ3n) is 16.6. The van der Waals surface area contributed by atoms with Crippen molar-refractivity contribution >= 4 is 5.91 Å². The molecule has 12 N–H and O–H groups in total. The Kier molecular flexibility index (Phi) is 44.5. The van der Waals surface area contributed by atoms with Crippen molar-refractivity contribution in [3.63, 3.8) is 0 Å². The van der Waals surface area contributed by atoms with Crippen LogP contribution in [0.15, 0.2) is 60.8 Å². The number of hydrogen-bond acceptors (Lipinski definition) is 18. The first kappa shape index (κ1) is 77.7. The Hall–Kier alpha value is -2.51. The summed E-state index contributed by atoms with van der Waals surface area (Å²) in [6.45, 7) is 1.56. The lowest BCUT2D eigenvalue weighted by Gasteiger charge is -2.48. The fourth-order valence-corrected chi connectivity index (χ4v) is 11.1. The Morgan fingerprint density at radius 3 is 1.26 bits per heavy atom. The fourth-order valence-electron chi connectivity index (χ4n) is 11.1. The van der Waals surface area contributed by atoms with Crippen LogP contribution in [-0.2, 0) is 33.2 Å². The van der Waals surface area contributed by atoms with Gasteiger partial charge in [-0.25, -0.2) is 0 Å². The molecule has 0 spiro atoms. The Balaban J connectivity index is 1.31. The van der Waals surface area contributed by atoms with Crippen LogP contribution in [0.25, 0.3) is 0 Å². The second-order valence-electron chi connectivity index (χ2n) is 23.9. The van der Waals surface area contributed by atoms with Crippen molar-refractivity contribution in [2.75, 3.05) is 26.4 Å². The maximum Gasteiger partial charge on any atom is 0.220 e. The second kappa shape index (κ2) is 49.2. The smallest absolute Gasteiger partial charge is 0.220 e. The Morgan fingerprint density at radius 2 is 0.802 bits per heavy atom. The quantitative estimate of drug-likeness (QED) is 0.0203. The van der Waals surface area contributed by atoms with Crippen molar-refractivity contribution in [1.82, 2.24) is 5.32 Å². The van der Waals surface area contributed by atoms with Gasteiger partial charge in [-0.2, -0.15) is 0 Å². The molecule has 3 saturated heterocycles. The molecule has 0 aromatic heterocycles. The number of hydrogen-bond donors (Lipinski definition) is 12. The topological polar surface area (TPSA) is 307 Å². The summed E-state index contributed by atoms with van der Waals surface area (Å²) in [6.07, 6.45) is 32.6. The standard InChI is InChI=1S/C67H119NO18/c1-3-5-7-9-11-13-14-15-16-17-18-19-20-21-22-23-24-25-26-27-28-29-30-31-32-33-34-35-36-37-39-41-43-45-55(73)68-50(51(72)44-42-40-38-12-10-8-6-4-2)49-81-65-61(79)58(76)63(53(47-70)83-65)86-67-62(80)59(77)64(54(48-71)84-67)85-66-60(78)57(75)56(74)52(46-69)82-66/h5,7,11,13,15-16,18-19,42,44,50-54,56-67,69-72,74-80H,3-4,6,8-10,12,14,17,20-41,43,45-49H2,1-2H3,(H,68,73)/b7-5-,13-11-,16-15-,19-18-,44-42+. The van der Waals surface area contributed by atoms with Crippen LogP contribution < -0.4 is 5.32 Å². The van der Waals surface area contributed by atoms with Crippen LogP contribution >= 0.6 is 0 Å². The molecule has 19 heteroatoms. The molecule has 0 radical (unpaired) electrons. The monoisotopic (exact) mass is 1230 g/mol. The largest absolute Gasteiger partial charge is 0.394 e. The highest BCUT2D eigenvalue weighted by molar-refractivity contribution is 5.76. The van der Waals surface area contributed by atoms with E-state index >= 15 is 0 Å². The molecule has 0 aliphatic carbocycles. The minimum atomic E-state index is -1.98. The lowest BCUT2D eigenvalue weighted by atomic mass is 9.96. The molecular weight excluding hydrogens is 1110 g/mol. The van der Waals surface area contributed by atoms with E-state index < -0.39 is 124 Å². The highest BCUT2D eigenvalue weighted by Gasteiger charge is 2.53. The summed E-state index contributed by atoms with van der Waals surface area (Å²) < 4.78 is 34.2. The van der Waals surface area contributed by atoms with Gasteiger partial charge in [-0.15, -0.1) is 0 Å². The number of aliphatic hydroxyl groups excluding tert-OH is 11. The third kappa shape index (κ3) is 31.5. The number of carbonyl (C=O) groups is 1. The lowest BCUT2D eigenvalue weighted by Crippen LogP contribution is -2.66. The van der Waals surface area contributed by atoms with Crippen LogP contribution in [0.1, 0.15) is 226 Å². The van der Waals surface area contributed by atoms with Crippen molar-refractivity contribution in [2.45, 2.75) is 330 Å². The first-order valence-corrected chi connectivity index (χ1v) is 33.5. The van der Waals surface area contributed by atoms with E-state index in [1.54, 1.807) is 6.08 Å². The normalized spacial score (nSPS) is 29.2. The van der Waals surface area contributed by atoms with E-state index in [-0.39, 0.29) is 18.9 Å². The summed E-state index contributed by atoms with van der Waals surface area (Å²) in [5, 5.41) is 120. The molecule has 500 valence electrons. The molecule has 3 fully saturated rings. The average Bonchev–Trinajstić information content (AvgIpc) is 3.55. The van der Waals surface area contributed by atoms with Crippen molar-refractivity contribution in [3.05, 3.63) is 60.8 Å². The summed E-state index contributed by atoms with van der Waals surface area (Å²) in [5.41, 5.74) is 0. The number of carbonyl (C=O) groups excluding carboxylic acids is 1. The van der Waals surface area contributed by atoms with Crippen LogP contribution in [0.3, 0.4) is 0 Å². The lowest BCUT2D eigenvalue weighted by molar-refractivity contribution is -0.379. The summed E-state index contributed by atoms with van der Waals surface area (Å²) in [6, 6.07) is -0.970. The molecule has 17 unspecified atom stereocenters. The fraction of sp³-hybridized carbons (Fsp3) is 0.836. The number of rotatable bonds is 50. The Bertz CT molecular complexity index is 1800. The summed E-state index contributed by atoms with van der Waals surface area (Å²) in [7, 11) is 0. The van der Waals surface area contributed by atoms with Crippen LogP contribution in [-0.4, -0.2) is 193 Å². The van der Waals surface area contributed by atoms with E-state index in [0.29, 0.717) is 6.42 Å². The van der Waals surface area contributed by atoms with E-state index in [0.717, 1.165) is 77.0 Å². The van der Waals surface area contributed by atoms with Gasteiger partial charge in [0.2, 0.25) is 5.91 Å². The molecule has 0 saturated carbocycles. The molecule has 3 rings (SSSR count). The average molecular weight is 1230 g/mol. The number of amides is 1. The zero-order valence-corrected chi connectivity index (χ0v) is 52.5. The van der Waals surface area contributed by atoms with E-state index in [4.69, 9.17) is 28.4 Å². The molecule has 0 aromatic rings. The van der Waals surface area contributed by atoms with Gasteiger partial charge in [0.25, 0.3) is 0 Å². The number of aliphatic hydroxyl groups is 11. The van der Waals surface area contributed by atoms with E-state index in [9.17, 15) is 61.0 Å². The highest BCUT2D eigenvalue weighted by atomic mass is 16.8. The van der Waals surface area contributed by atoms with Gasteiger partial charge in [-0.05, 0) is 57.8 Å². The zero-order chi connectivity index (χ0) is 62.6. The maximum absolute atomic E-state index is 13.3. The molecule has 3 aliphatic heterocycles.